The van der Waals surface area contributed by atoms with Crippen molar-refractivity contribution in [2.45, 2.75) is 252 Å². The number of alkyl carbamates (subject to hydrolysis) is 1. The minimum absolute atomic E-state index is 0.0118. The van der Waals surface area contributed by atoms with Crippen LogP contribution in [0.25, 0.3) is 0 Å². The topological polar surface area (TPSA) is 94.2 Å². The van der Waals surface area contributed by atoms with E-state index in [-0.39, 0.29) is 24.1 Å². The Hall–Kier alpha value is -1.83. The Morgan fingerprint density at radius 3 is 1.45 bits per heavy atom. The molecule has 0 spiro atoms. The second-order valence-corrected chi connectivity index (χ2v) is 17.2. The van der Waals surface area contributed by atoms with Gasteiger partial charge in [0.2, 0.25) is 0 Å². The normalized spacial score (nSPS) is 12.2. The molecule has 1 atom stereocenters. The van der Waals surface area contributed by atoms with Gasteiger partial charge in [-0.05, 0) is 91.6 Å². The molecule has 0 rings (SSSR count). The van der Waals surface area contributed by atoms with Crippen LogP contribution in [0.4, 0.5) is 4.79 Å². The van der Waals surface area contributed by atoms with E-state index in [2.05, 4.69) is 31.0 Å². The Balaban J connectivity index is 4.40. The number of rotatable bonds is 40. The highest BCUT2D eigenvalue weighted by atomic mass is 16.6. The molecule has 1 N–H and O–H groups in total. The molecule has 0 aromatic heterocycles. The quantitative estimate of drug-likeness (QED) is 0.0376. The number of carbonyl (C=O) groups is 3. The number of nitrogens with one attached hydrogen (secondary N) is 1. The van der Waals surface area contributed by atoms with Gasteiger partial charge in [0.1, 0.15) is 11.7 Å². The Kier molecular flexibility index (Phi) is 37.7. The summed E-state index contributed by atoms with van der Waals surface area (Å²) in [7, 11) is 0. The van der Waals surface area contributed by atoms with Gasteiger partial charge in [0.25, 0.3) is 0 Å². The van der Waals surface area contributed by atoms with Crippen LogP contribution in [0.3, 0.4) is 0 Å². The highest BCUT2D eigenvalue weighted by Crippen LogP contribution is 2.18. The lowest BCUT2D eigenvalue weighted by Gasteiger charge is -2.24. The maximum Gasteiger partial charge on any atom is 0.407 e. The molecule has 326 valence electrons. The molecule has 0 bridgehead atoms. The van der Waals surface area contributed by atoms with Gasteiger partial charge in [-0.2, -0.15) is 0 Å². The van der Waals surface area contributed by atoms with Crippen molar-refractivity contribution in [1.29, 1.82) is 0 Å². The number of unbranched alkanes of at least 4 members (excludes halogenated alkanes) is 22. The van der Waals surface area contributed by atoms with Crippen LogP contribution < -0.4 is 5.32 Å². The Morgan fingerprint density at radius 2 is 0.927 bits per heavy atom. The summed E-state index contributed by atoms with van der Waals surface area (Å²) in [4.78, 5) is 39.6. The number of ether oxygens (including phenoxy) is 3. The van der Waals surface area contributed by atoms with Gasteiger partial charge in [-0.3, -0.25) is 9.59 Å². The zero-order chi connectivity index (χ0) is 40.7. The van der Waals surface area contributed by atoms with E-state index in [0.717, 1.165) is 110 Å². The first-order valence-corrected chi connectivity index (χ1v) is 23.7. The van der Waals surface area contributed by atoms with Gasteiger partial charge in [0.05, 0.1) is 6.61 Å². The zero-order valence-corrected chi connectivity index (χ0v) is 37.4. The van der Waals surface area contributed by atoms with Crippen LogP contribution in [0.5, 0.6) is 0 Å². The maximum absolute atomic E-state index is 12.7. The lowest BCUT2D eigenvalue weighted by atomic mass is 10.0. The first-order valence-electron chi connectivity index (χ1n) is 23.7. The third kappa shape index (κ3) is 40.2. The van der Waals surface area contributed by atoms with Crippen LogP contribution in [0.1, 0.15) is 241 Å². The van der Waals surface area contributed by atoms with E-state index in [1.165, 1.54) is 96.3 Å². The number of nitrogens with zero attached hydrogens (tertiary/aromatic N) is 1. The number of esters is 2. The third-order valence-electron chi connectivity index (χ3n) is 10.4. The standard InChI is InChI=1S/C47H92N2O6/c1-7-10-13-16-18-19-20-25-33-42-53-44(50)36-30-26-32-40-49(41-38-48-46(52)55-47(4,5)6)39-31-24-21-23-29-37-45(51)54-43(34-27-15-12-9-3)35-28-22-17-14-11-8-2/h43H,7-42H2,1-6H3,(H,48,52). The molecule has 0 saturated heterocycles. The molecule has 0 heterocycles. The lowest BCUT2D eigenvalue weighted by Crippen LogP contribution is -2.38. The van der Waals surface area contributed by atoms with E-state index in [9.17, 15) is 14.4 Å². The molecule has 1 unspecified atom stereocenters. The SMILES string of the molecule is CCCCCCCCCCCOC(=O)CCCCCN(CCCCCCCC(=O)OC(CCCCCC)CCCCCCCC)CCNC(=O)OC(C)(C)C. The summed E-state index contributed by atoms with van der Waals surface area (Å²) in [5, 5.41) is 2.90. The van der Waals surface area contributed by atoms with Crippen molar-refractivity contribution in [3.05, 3.63) is 0 Å². The second kappa shape index (κ2) is 39.0. The number of hydrogen-bond donors (Lipinski definition) is 1. The highest BCUT2D eigenvalue weighted by molar-refractivity contribution is 5.69. The van der Waals surface area contributed by atoms with Crippen molar-refractivity contribution >= 4 is 18.0 Å². The van der Waals surface area contributed by atoms with Gasteiger partial charge < -0.3 is 24.4 Å². The largest absolute Gasteiger partial charge is 0.466 e. The second-order valence-electron chi connectivity index (χ2n) is 17.2. The molecule has 8 heteroatoms. The maximum atomic E-state index is 12.7. The summed E-state index contributed by atoms with van der Waals surface area (Å²) in [6.45, 7) is 16.1. The van der Waals surface area contributed by atoms with Crippen molar-refractivity contribution in [3.8, 4) is 0 Å². The van der Waals surface area contributed by atoms with Gasteiger partial charge in [0.15, 0.2) is 0 Å². The molecule has 55 heavy (non-hydrogen) atoms. The van der Waals surface area contributed by atoms with Gasteiger partial charge in [-0.15, -0.1) is 0 Å². The monoisotopic (exact) mass is 781 g/mol. The predicted molar refractivity (Wildman–Crippen MR) is 232 cm³/mol. The van der Waals surface area contributed by atoms with Crippen molar-refractivity contribution < 1.29 is 28.6 Å². The number of hydrogen-bond acceptors (Lipinski definition) is 7. The van der Waals surface area contributed by atoms with Crippen LogP contribution in [-0.4, -0.2) is 67.4 Å². The Morgan fingerprint density at radius 1 is 0.509 bits per heavy atom. The highest BCUT2D eigenvalue weighted by Gasteiger charge is 2.17. The van der Waals surface area contributed by atoms with Gasteiger partial charge in [-0.1, -0.05) is 149 Å². The van der Waals surface area contributed by atoms with Crippen LogP contribution in [0, 0.1) is 0 Å². The number of amides is 1. The Labute approximate surface area is 341 Å². The van der Waals surface area contributed by atoms with Crippen LogP contribution >= 0.6 is 0 Å². The fourth-order valence-electron chi connectivity index (χ4n) is 7.01. The minimum Gasteiger partial charge on any atom is -0.466 e. The molecular formula is C47H92N2O6. The van der Waals surface area contributed by atoms with E-state index in [1.54, 1.807) is 0 Å². The first-order chi connectivity index (χ1) is 26.6. The molecule has 0 radical (unpaired) electrons. The van der Waals surface area contributed by atoms with Gasteiger partial charge in [0, 0.05) is 25.9 Å². The molecule has 0 aromatic carbocycles. The van der Waals surface area contributed by atoms with Crippen molar-refractivity contribution in [2.24, 2.45) is 0 Å². The predicted octanol–water partition coefficient (Wildman–Crippen LogP) is 13.4. The van der Waals surface area contributed by atoms with Gasteiger partial charge in [-0.25, -0.2) is 4.79 Å². The summed E-state index contributed by atoms with van der Waals surface area (Å²) < 4.78 is 16.9. The van der Waals surface area contributed by atoms with Gasteiger partial charge >= 0.3 is 18.0 Å². The van der Waals surface area contributed by atoms with E-state index in [1.807, 2.05) is 20.8 Å². The van der Waals surface area contributed by atoms with E-state index < -0.39 is 5.60 Å². The fourth-order valence-corrected chi connectivity index (χ4v) is 7.01. The molecule has 1 amide bonds. The molecule has 0 saturated carbocycles. The summed E-state index contributed by atoms with van der Waals surface area (Å²) in [5.41, 5.74) is -0.515. The van der Waals surface area contributed by atoms with Crippen LogP contribution in [0.2, 0.25) is 0 Å². The Bertz CT molecular complexity index is 876. The molecule has 0 aliphatic heterocycles. The molecular weight excluding hydrogens is 689 g/mol. The molecule has 0 aliphatic carbocycles. The van der Waals surface area contributed by atoms with E-state index >= 15 is 0 Å². The zero-order valence-electron chi connectivity index (χ0n) is 37.4. The molecule has 8 nitrogen and oxygen atoms in total. The summed E-state index contributed by atoms with van der Waals surface area (Å²) in [5.74, 6) is -0.0798. The fraction of sp³-hybridized carbons (Fsp3) is 0.936. The summed E-state index contributed by atoms with van der Waals surface area (Å²) in [6, 6.07) is 0. The van der Waals surface area contributed by atoms with E-state index in [0.29, 0.717) is 26.0 Å². The average Bonchev–Trinajstić information content (AvgIpc) is 3.13. The third-order valence-corrected chi connectivity index (χ3v) is 10.4. The van der Waals surface area contributed by atoms with Crippen molar-refractivity contribution in [3.63, 3.8) is 0 Å². The lowest BCUT2D eigenvalue weighted by molar-refractivity contribution is -0.150. The average molecular weight is 781 g/mol. The first kappa shape index (κ1) is 53.2. The number of carbonyl (C=O) groups excluding carboxylic acids is 3. The van der Waals surface area contributed by atoms with Crippen molar-refractivity contribution in [2.75, 3.05) is 32.8 Å². The minimum atomic E-state index is -0.515. The molecule has 0 aliphatic rings. The van der Waals surface area contributed by atoms with Crippen molar-refractivity contribution in [1.82, 2.24) is 10.2 Å². The summed E-state index contributed by atoms with van der Waals surface area (Å²) in [6.07, 6.45) is 34.7. The summed E-state index contributed by atoms with van der Waals surface area (Å²) >= 11 is 0. The smallest absolute Gasteiger partial charge is 0.407 e. The molecule has 0 aromatic rings. The van der Waals surface area contributed by atoms with Crippen LogP contribution in [0.15, 0.2) is 0 Å². The van der Waals surface area contributed by atoms with Crippen LogP contribution in [-0.2, 0) is 23.8 Å². The molecule has 0 fully saturated rings. The van der Waals surface area contributed by atoms with E-state index in [4.69, 9.17) is 14.2 Å².